The molecule has 1 aliphatic rings. The minimum absolute atomic E-state index is 0.353. The van der Waals surface area contributed by atoms with E-state index >= 15 is 0 Å². The van der Waals surface area contributed by atoms with Gasteiger partial charge < -0.3 is 5.73 Å². The summed E-state index contributed by atoms with van der Waals surface area (Å²) in [5, 5.41) is 0. The van der Waals surface area contributed by atoms with E-state index in [0.29, 0.717) is 5.41 Å². The van der Waals surface area contributed by atoms with Crippen molar-refractivity contribution in [2.45, 2.75) is 44.9 Å². The fourth-order valence-electron chi connectivity index (χ4n) is 3.56. The average molecular weight is 279 g/mol. The fourth-order valence-corrected chi connectivity index (χ4v) is 3.56. The summed E-state index contributed by atoms with van der Waals surface area (Å²) in [5.74, 6) is 0. The SMILES string of the molecule is CC1(C)CCc2cc(Cc3ccccc3CCN)ccc21. The molecule has 0 spiro atoms. The van der Waals surface area contributed by atoms with E-state index in [1.54, 1.807) is 11.1 Å². The van der Waals surface area contributed by atoms with E-state index in [1.807, 2.05) is 0 Å². The van der Waals surface area contributed by atoms with Crippen LogP contribution in [0.1, 0.15) is 48.1 Å². The Hall–Kier alpha value is -1.60. The molecule has 0 radical (unpaired) electrons. The van der Waals surface area contributed by atoms with E-state index in [9.17, 15) is 0 Å². The highest BCUT2D eigenvalue weighted by molar-refractivity contribution is 5.43. The monoisotopic (exact) mass is 279 g/mol. The lowest BCUT2D eigenvalue weighted by atomic mass is 9.86. The Morgan fingerprint density at radius 2 is 1.81 bits per heavy atom. The highest BCUT2D eigenvalue weighted by Gasteiger charge is 2.29. The molecule has 1 nitrogen and oxygen atoms in total. The van der Waals surface area contributed by atoms with Crippen LogP contribution >= 0.6 is 0 Å². The number of rotatable bonds is 4. The lowest BCUT2D eigenvalue weighted by Crippen LogP contribution is -2.11. The van der Waals surface area contributed by atoms with Gasteiger partial charge in [-0.05, 0) is 65.5 Å². The van der Waals surface area contributed by atoms with Gasteiger partial charge >= 0.3 is 0 Å². The van der Waals surface area contributed by atoms with Crippen molar-refractivity contribution in [3.63, 3.8) is 0 Å². The summed E-state index contributed by atoms with van der Waals surface area (Å²) in [6, 6.07) is 15.8. The first-order chi connectivity index (χ1) is 10.1. The van der Waals surface area contributed by atoms with Crippen LogP contribution in [0.3, 0.4) is 0 Å². The van der Waals surface area contributed by atoms with Gasteiger partial charge in [-0.1, -0.05) is 56.3 Å². The molecule has 0 aromatic heterocycles. The summed E-state index contributed by atoms with van der Waals surface area (Å²) in [5.41, 5.74) is 13.4. The van der Waals surface area contributed by atoms with Crippen molar-refractivity contribution < 1.29 is 0 Å². The minimum Gasteiger partial charge on any atom is -0.330 e. The van der Waals surface area contributed by atoms with Crippen molar-refractivity contribution in [1.29, 1.82) is 0 Å². The molecule has 0 bridgehead atoms. The maximum Gasteiger partial charge on any atom is -0.00229 e. The summed E-state index contributed by atoms with van der Waals surface area (Å²) in [6.45, 7) is 5.43. The molecule has 0 heterocycles. The van der Waals surface area contributed by atoms with Gasteiger partial charge in [0.25, 0.3) is 0 Å². The number of nitrogens with two attached hydrogens (primary N) is 1. The Balaban J connectivity index is 1.87. The lowest BCUT2D eigenvalue weighted by molar-refractivity contribution is 0.522. The van der Waals surface area contributed by atoms with Crippen molar-refractivity contribution in [2.24, 2.45) is 5.73 Å². The van der Waals surface area contributed by atoms with Crippen LogP contribution in [-0.4, -0.2) is 6.54 Å². The predicted octanol–water partition coefficient (Wildman–Crippen LogP) is 4.00. The molecule has 0 unspecified atom stereocenters. The molecule has 0 amide bonds. The number of hydrogen-bond donors (Lipinski definition) is 1. The molecule has 0 fully saturated rings. The Morgan fingerprint density at radius 3 is 2.57 bits per heavy atom. The Labute approximate surface area is 128 Å². The molecular weight excluding hydrogens is 254 g/mol. The van der Waals surface area contributed by atoms with E-state index in [1.165, 1.54) is 29.5 Å². The second-order valence-corrected chi connectivity index (χ2v) is 6.86. The topological polar surface area (TPSA) is 26.0 Å². The second-order valence-electron chi connectivity index (χ2n) is 6.86. The molecule has 0 saturated heterocycles. The summed E-state index contributed by atoms with van der Waals surface area (Å²) >= 11 is 0. The van der Waals surface area contributed by atoms with Gasteiger partial charge in [-0.2, -0.15) is 0 Å². The van der Waals surface area contributed by atoms with Crippen molar-refractivity contribution in [2.75, 3.05) is 6.54 Å². The third-order valence-corrected chi connectivity index (χ3v) is 4.84. The van der Waals surface area contributed by atoms with Gasteiger partial charge in [0, 0.05) is 0 Å². The molecule has 1 heteroatoms. The van der Waals surface area contributed by atoms with Crippen LogP contribution in [0, 0.1) is 0 Å². The zero-order valence-electron chi connectivity index (χ0n) is 13.2. The van der Waals surface area contributed by atoms with Gasteiger partial charge in [0.2, 0.25) is 0 Å². The smallest absolute Gasteiger partial charge is 0.00229 e. The van der Waals surface area contributed by atoms with Crippen LogP contribution in [0.4, 0.5) is 0 Å². The Kier molecular flexibility index (Phi) is 3.86. The number of aryl methyl sites for hydroxylation is 1. The predicted molar refractivity (Wildman–Crippen MR) is 89.8 cm³/mol. The van der Waals surface area contributed by atoms with Gasteiger partial charge in [-0.15, -0.1) is 0 Å². The van der Waals surface area contributed by atoms with Crippen LogP contribution in [0.5, 0.6) is 0 Å². The maximum absolute atomic E-state index is 5.73. The van der Waals surface area contributed by atoms with Gasteiger partial charge in [0.15, 0.2) is 0 Å². The molecule has 1 aliphatic carbocycles. The van der Waals surface area contributed by atoms with E-state index in [0.717, 1.165) is 19.4 Å². The van der Waals surface area contributed by atoms with Crippen molar-refractivity contribution in [3.8, 4) is 0 Å². The van der Waals surface area contributed by atoms with Gasteiger partial charge in [-0.3, -0.25) is 0 Å². The number of hydrogen-bond acceptors (Lipinski definition) is 1. The Bertz CT molecular complexity index is 640. The third kappa shape index (κ3) is 2.89. The first-order valence-corrected chi connectivity index (χ1v) is 7.99. The van der Waals surface area contributed by atoms with E-state index in [-0.39, 0.29) is 0 Å². The maximum atomic E-state index is 5.73. The van der Waals surface area contributed by atoms with Crippen LogP contribution in [0.2, 0.25) is 0 Å². The van der Waals surface area contributed by atoms with Crippen molar-refractivity contribution in [3.05, 3.63) is 70.3 Å². The first-order valence-electron chi connectivity index (χ1n) is 7.99. The van der Waals surface area contributed by atoms with E-state index < -0.39 is 0 Å². The quantitative estimate of drug-likeness (QED) is 0.899. The van der Waals surface area contributed by atoms with Crippen molar-refractivity contribution >= 4 is 0 Å². The summed E-state index contributed by atoms with van der Waals surface area (Å²) in [4.78, 5) is 0. The number of fused-ring (bicyclic) bond motifs is 1. The molecule has 0 atom stereocenters. The third-order valence-electron chi connectivity index (χ3n) is 4.84. The number of benzene rings is 2. The van der Waals surface area contributed by atoms with Crippen molar-refractivity contribution in [1.82, 2.24) is 0 Å². The van der Waals surface area contributed by atoms with Gasteiger partial charge in [-0.25, -0.2) is 0 Å². The molecular formula is C20H25N. The van der Waals surface area contributed by atoms with E-state index in [4.69, 9.17) is 5.73 Å². The largest absolute Gasteiger partial charge is 0.330 e. The lowest BCUT2D eigenvalue weighted by Gasteiger charge is -2.19. The normalized spacial score (nSPS) is 16.0. The second kappa shape index (κ2) is 5.65. The first kappa shape index (κ1) is 14.3. The highest BCUT2D eigenvalue weighted by atomic mass is 14.5. The summed E-state index contributed by atoms with van der Waals surface area (Å²) in [6.07, 6.45) is 4.48. The van der Waals surface area contributed by atoms with Crippen LogP contribution in [0.25, 0.3) is 0 Å². The molecule has 110 valence electrons. The molecule has 2 aromatic rings. The van der Waals surface area contributed by atoms with Crippen LogP contribution in [-0.2, 0) is 24.7 Å². The zero-order valence-corrected chi connectivity index (χ0v) is 13.2. The Morgan fingerprint density at radius 1 is 1.05 bits per heavy atom. The summed E-state index contributed by atoms with van der Waals surface area (Å²) < 4.78 is 0. The molecule has 2 N–H and O–H groups in total. The minimum atomic E-state index is 0.353. The van der Waals surface area contributed by atoms with E-state index in [2.05, 4.69) is 56.3 Å². The fraction of sp³-hybridized carbons (Fsp3) is 0.400. The molecule has 3 rings (SSSR count). The average Bonchev–Trinajstić information content (AvgIpc) is 2.77. The van der Waals surface area contributed by atoms with Gasteiger partial charge in [0.05, 0.1) is 0 Å². The zero-order chi connectivity index (χ0) is 14.9. The van der Waals surface area contributed by atoms with Crippen LogP contribution in [0.15, 0.2) is 42.5 Å². The highest BCUT2D eigenvalue weighted by Crippen LogP contribution is 2.38. The van der Waals surface area contributed by atoms with Crippen LogP contribution < -0.4 is 5.73 Å². The summed E-state index contributed by atoms with van der Waals surface area (Å²) in [7, 11) is 0. The van der Waals surface area contributed by atoms with Gasteiger partial charge in [0.1, 0.15) is 0 Å². The molecule has 0 aliphatic heterocycles. The standard InChI is InChI=1S/C20H25N/c1-20(2)11-9-18-14-15(7-8-19(18)20)13-17-6-4-3-5-16(17)10-12-21/h3-8,14H,9-13,21H2,1-2H3. The molecule has 2 aromatic carbocycles. The molecule has 21 heavy (non-hydrogen) atoms. The molecule has 0 saturated carbocycles.